The normalized spacial score (nSPS) is 12.8. The van der Waals surface area contributed by atoms with E-state index in [9.17, 15) is 0 Å². The molecule has 0 unspecified atom stereocenters. The van der Waals surface area contributed by atoms with E-state index < -0.39 is 6.27 Å². The van der Waals surface area contributed by atoms with E-state index >= 15 is 0 Å². The Morgan fingerprint density at radius 1 is 1.33 bits per heavy atom. The minimum absolute atomic E-state index is 0.653. The number of ether oxygens (including phenoxy) is 2. The average molecular weight is 232 g/mol. The number of benzene rings is 1. The Morgan fingerprint density at radius 3 is 2.42 bits per heavy atom. The number of halogens is 1. The molecule has 0 saturated carbocycles. The van der Waals surface area contributed by atoms with Crippen LogP contribution in [-0.4, -0.2) is 14.2 Å². The van der Waals surface area contributed by atoms with Gasteiger partial charge in [-0.15, -0.1) is 0 Å². The lowest BCUT2D eigenvalue weighted by Gasteiger charge is -2.14. The van der Waals surface area contributed by atoms with Crippen molar-refractivity contribution in [2.75, 3.05) is 14.2 Å². The van der Waals surface area contributed by atoms with Gasteiger partial charge >= 0.3 is 0 Å². The molecule has 0 fully saturated rings. The maximum absolute atomic E-state index is 7.83. The lowest BCUT2D eigenvalue weighted by Crippen LogP contribution is -2.03. The highest BCUT2D eigenvalue weighted by atomic mass is 79.9. The summed E-state index contributed by atoms with van der Waals surface area (Å²) in [7, 11) is 2.88. The van der Waals surface area contributed by atoms with Crippen LogP contribution in [0.1, 0.15) is 13.2 Å². The van der Waals surface area contributed by atoms with Gasteiger partial charge < -0.3 is 9.47 Å². The van der Waals surface area contributed by atoms with E-state index in [4.69, 9.17) is 10.8 Å². The van der Waals surface area contributed by atoms with Crippen molar-refractivity contribution in [1.29, 1.82) is 0 Å². The molecule has 3 heteroatoms. The predicted octanol–water partition coefficient (Wildman–Crippen LogP) is 2.74. The second-order valence-corrected chi connectivity index (χ2v) is 3.03. The fourth-order valence-corrected chi connectivity index (χ4v) is 1.38. The van der Waals surface area contributed by atoms with Crippen LogP contribution in [0.4, 0.5) is 0 Å². The molecule has 0 spiro atoms. The number of hydrogen-bond acceptors (Lipinski definition) is 2. The van der Waals surface area contributed by atoms with Gasteiger partial charge in [-0.3, -0.25) is 0 Å². The van der Waals surface area contributed by atoms with Crippen LogP contribution in [0.15, 0.2) is 28.7 Å². The van der Waals surface area contributed by atoms with E-state index in [1.54, 1.807) is 6.07 Å². The Morgan fingerprint density at radius 2 is 1.92 bits per heavy atom. The van der Waals surface area contributed by atoms with E-state index in [-0.39, 0.29) is 0 Å². The second-order valence-electron chi connectivity index (χ2n) is 2.18. The summed E-state index contributed by atoms with van der Waals surface area (Å²) in [6, 6.07) is 7.33. The van der Waals surface area contributed by atoms with Crippen LogP contribution in [0.5, 0.6) is 0 Å². The minimum Gasteiger partial charge on any atom is -0.352 e. The Bertz CT molecular complexity index is 287. The molecule has 2 nitrogen and oxygen atoms in total. The van der Waals surface area contributed by atoms with Crippen molar-refractivity contribution in [2.45, 2.75) is 6.27 Å². The first-order chi connectivity index (χ1) is 6.14. The van der Waals surface area contributed by atoms with Gasteiger partial charge in [0, 0.05) is 24.3 Å². The van der Waals surface area contributed by atoms with E-state index in [0.717, 1.165) is 4.47 Å². The van der Waals surface area contributed by atoms with Crippen molar-refractivity contribution in [1.82, 2.24) is 0 Å². The Balaban J connectivity index is 3.12. The number of methoxy groups -OCH3 is 2. The van der Waals surface area contributed by atoms with Gasteiger partial charge in [0.05, 0.1) is 1.37 Å². The molecule has 1 rings (SSSR count). The van der Waals surface area contributed by atoms with Crippen LogP contribution < -0.4 is 0 Å². The van der Waals surface area contributed by atoms with Crippen molar-refractivity contribution in [3.8, 4) is 0 Å². The van der Waals surface area contributed by atoms with Crippen molar-refractivity contribution in [3.05, 3.63) is 34.3 Å². The van der Waals surface area contributed by atoms with Crippen molar-refractivity contribution < 1.29 is 10.8 Å². The summed E-state index contributed by atoms with van der Waals surface area (Å²) in [5.41, 5.74) is 0.653. The molecule has 0 saturated heterocycles. The second kappa shape index (κ2) is 4.60. The highest BCUT2D eigenvalue weighted by Crippen LogP contribution is 2.25. The van der Waals surface area contributed by atoms with Gasteiger partial charge in [-0.2, -0.15) is 0 Å². The first-order valence-corrected chi connectivity index (χ1v) is 4.28. The molecule has 0 atom stereocenters. The topological polar surface area (TPSA) is 18.5 Å². The summed E-state index contributed by atoms with van der Waals surface area (Å²) in [5.74, 6) is 0. The molecule has 0 bridgehead atoms. The molecule has 0 aromatic heterocycles. The van der Waals surface area contributed by atoms with Crippen LogP contribution in [0.25, 0.3) is 0 Å². The zero-order chi connectivity index (χ0) is 9.90. The third kappa shape index (κ3) is 2.06. The molecule has 12 heavy (non-hydrogen) atoms. The fraction of sp³-hybridized carbons (Fsp3) is 0.333. The zero-order valence-electron chi connectivity index (χ0n) is 8.00. The van der Waals surface area contributed by atoms with Gasteiger partial charge in [0.2, 0.25) is 0 Å². The van der Waals surface area contributed by atoms with E-state index in [0.29, 0.717) is 5.56 Å². The summed E-state index contributed by atoms with van der Waals surface area (Å²) in [5, 5.41) is 0. The van der Waals surface area contributed by atoms with Gasteiger partial charge in [-0.05, 0) is 6.07 Å². The number of rotatable bonds is 3. The molecule has 1 aromatic rings. The third-order valence-electron chi connectivity index (χ3n) is 1.46. The largest absolute Gasteiger partial charge is 0.352 e. The molecule has 0 radical (unpaired) electrons. The maximum atomic E-state index is 7.83. The summed E-state index contributed by atoms with van der Waals surface area (Å²) < 4.78 is 18.6. The summed E-state index contributed by atoms with van der Waals surface area (Å²) >= 11 is 3.33. The SMILES string of the molecule is [2H]C(OC)(OC)c1ccccc1Br. The third-order valence-corrected chi connectivity index (χ3v) is 2.16. The lowest BCUT2D eigenvalue weighted by molar-refractivity contribution is -0.106. The van der Waals surface area contributed by atoms with Gasteiger partial charge in [-0.1, -0.05) is 34.1 Å². The molecule has 0 N–H and O–H groups in total. The Labute approximate surface area is 82.0 Å². The molecule has 0 amide bonds. The predicted molar refractivity (Wildman–Crippen MR) is 50.9 cm³/mol. The van der Waals surface area contributed by atoms with Gasteiger partial charge in [-0.25, -0.2) is 0 Å². The first-order valence-electron chi connectivity index (χ1n) is 3.99. The fourth-order valence-electron chi connectivity index (χ4n) is 0.930. The maximum Gasteiger partial charge on any atom is 0.184 e. The summed E-state index contributed by atoms with van der Waals surface area (Å²) in [6.45, 7) is 0. The van der Waals surface area contributed by atoms with Gasteiger partial charge in [0.15, 0.2) is 6.27 Å². The molecule has 0 aliphatic heterocycles. The highest BCUT2D eigenvalue weighted by Gasteiger charge is 2.10. The average Bonchev–Trinajstić information content (AvgIpc) is 2.17. The number of hydrogen-bond donors (Lipinski definition) is 0. The van der Waals surface area contributed by atoms with Gasteiger partial charge in [0.25, 0.3) is 0 Å². The monoisotopic (exact) mass is 231 g/mol. The van der Waals surface area contributed by atoms with Crippen molar-refractivity contribution >= 4 is 15.9 Å². The van der Waals surface area contributed by atoms with Gasteiger partial charge in [0.1, 0.15) is 0 Å². The first kappa shape index (κ1) is 8.23. The lowest BCUT2D eigenvalue weighted by atomic mass is 10.2. The van der Waals surface area contributed by atoms with Crippen molar-refractivity contribution in [3.63, 3.8) is 0 Å². The van der Waals surface area contributed by atoms with Crippen LogP contribution >= 0.6 is 15.9 Å². The summed E-state index contributed by atoms with van der Waals surface area (Å²) in [4.78, 5) is 0. The van der Waals surface area contributed by atoms with E-state index in [1.165, 1.54) is 14.2 Å². The van der Waals surface area contributed by atoms with Crippen LogP contribution in [0, 0.1) is 0 Å². The standard InChI is InChI=1S/C9H11BrO2/c1-11-9(12-2)7-5-3-4-6-8(7)10/h3-6,9H,1-2H3/i9D. The van der Waals surface area contributed by atoms with Crippen LogP contribution in [0.3, 0.4) is 0 Å². The Kier molecular flexibility index (Phi) is 3.15. The minimum atomic E-state index is -1.43. The molecule has 0 heterocycles. The quantitative estimate of drug-likeness (QED) is 0.746. The van der Waals surface area contributed by atoms with Crippen molar-refractivity contribution in [2.24, 2.45) is 0 Å². The summed E-state index contributed by atoms with van der Waals surface area (Å²) in [6.07, 6.45) is -1.43. The van der Waals surface area contributed by atoms with E-state index in [2.05, 4.69) is 15.9 Å². The molecule has 0 aliphatic rings. The van der Waals surface area contributed by atoms with E-state index in [1.807, 2.05) is 18.2 Å². The van der Waals surface area contributed by atoms with Crippen LogP contribution in [0.2, 0.25) is 0 Å². The Hall–Kier alpha value is -0.380. The van der Waals surface area contributed by atoms with Crippen LogP contribution in [-0.2, 0) is 9.47 Å². The molecular formula is C9H11BrO2. The highest BCUT2D eigenvalue weighted by molar-refractivity contribution is 9.10. The smallest absolute Gasteiger partial charge is 0.184 e. The molecule has 66 valence electrons. The zero-order valence-corrected chi connectivity index (χ0v) is 8.59. The molecular weight excluding hydrogens is 220 g/mol. The molecule has 1 aromatic carbocycles. The molecule has 0 aliphatic carbocycles.